The lowest BCUT2D eigenvalue weighted by Gasteiger charge is -2.21. The van der Waals surface area contributed by atoms with E-state index in [-0.39, 0.29) is 5.91 Å². The normalized spacial score (nSPS) is 14.5. The van der Waals surface area contributed by atoms with Crippen molar-refractivity contribution >= 4 is 11.6 Å². The van der Waals surface area contributed by atoms with Crippen LogP contribution in [0.25, 0.3) is 0 Å². The number of hydrogen-bond donors (Lipinski definition) is 1. The largest absolute Gasteiger partial charge is 0.494 e. The zero-order valence-electron chi connectivity index (χ0n) is 18.4. The van der Waals surface area contributed by atoms with Crippen LogP contribution in [0.5, 0.6) is 11.5 Å². The first-order chi connectivity index (χ1) is 14.6. The lowest BCUT2D eigenvalue weighted by Crippen LogP contribution is -2.14. The number of anilines is 1. The van der Waals surface area contributed by atoms with Crippen LogP contribution in [-0.2, 0) is 0 Å². The molecule has 0 heterocycles. The molecule has 0 atom stereocenters. The first kappa shape index (κ1) is 22.2. The standard InChI is InChI=1S/C26H35NO3/c1-20(2)16-18-30-25-11-7-6-10-24(25)26(28)27-22-12-14-23(15-13-22)29-19-17-21-8-4-3-5-9-21/h6-7,10-15,20-21H,3-5,8-9,16-19H2,1-2H3,(H,27,28). The zero-order chi connectivity index (χ0) is 21.2. The molecule has 0 bridgehead atoms. The summed E-state index contributed by atoms with van der Waals surface area (Å²) in [5, 5.41) is 2.96. The molecule has 1 fully saturated rings. The van der Waals surface area contributed by atoms with Crippen molar-refractivity contribution in [1.82, 2.24) is 0 Å². The van der Waals surface area contributed by atoms with Gasteiger partial charge in [0.1, 0.15) is 11.5 Å². The Bertz CT molecular complexity index is 779. The summed E-state index contributed by atoms with van der Waals surface area (Å²) in [5.41, 5.74) is 1.30. The van der Waals surface area contributed by atoms with Crippen LogP contribution in [0, 0.1) is 11.8 Å². The maximum atomic E-state index is 12.7. The summed E-state index contributed by atoms with van der Waals surface area (Å²) in [6, 6.07) is 15.0. The third-order valence-electron chi connectivity index (χ3n) is 5.72. The Balaban J connectivity index is 1.49. The molecule has 2 aromatic carbocycles. The van der Waals surface area contributed by atoms with Crippen molar-refractivity contribution in [3.63, 3.8) is 0 Å². The number of ether oxygens (including phenoxy) is 2. The quantitative estimate of drug-likeness (QED) is 0.474. The van der Waals surface area contributed by atoms with Crippen molar-refractivity contribution in [1.29, 1.82) is 0 Å². The highest BCUT2D eigenvalue weighted by molar-refractivity contribution is 6.06. The Hall–Kier alpha value is -2.49. The third-order valence-corrected chi connectivity index (χ3v) is 5.72. The average molecular weight is 410 g/mol. The fourth-order valence-corrected chi connectivity index (χ4v) is 3.84. The van der Waals surface area contributed by atoms with Gasteiger partial charge < -0.3 is 14.8 Å². The van der Waals surface area contributed by atoms with Crippen LogP contribution in [0.3, 0.4) is 0 Å². The van der Waals surface area contributed by atoms with Crippen LogP contribution < -0.4 is 14.8 Å². The number of para-hydroxylation sites is 1. The maximum Gasteiger partial charge on any atom is 0.259 e. The molecule has 1 amide bonds. The molecule has 2 aromatic rings. The summed E-state index contributed by atoms with van der Waals surface area (Å²) in [7, 11) is 0. The lowest BCUT2D eigenvalue weighted by atomic mass is 9.87. The molecular weight excluding hydrogens is 374 g/mol. The molecule has 1 N–H and O–H groups in total. The van der Waals surface area contributed by atoms with Gasteiger partial charge in [0.25, 0.3) is 5.91 Å². The molecule has 0 aromatic heterocycles. The summed E-state index contributed by atoms with van der Waals surface area (Å²) in [4.78, 5) is 12.7. The van der Waals surface area contributed by atoms with Crippen molar-refractivity contribution in [2.24, 2.45) is 11.8 Å². The summed E-state index contributed by atoms with van der Waals surface area (Å²) in [6.45, 7) is 5.68. The number of carbonyl (C=O) groups is 1. The van der Waals surface area contributed by atoms with E-state index in [1.807, 2.05) is 42.5 Å². The van der Waals surface area contributed by atoms with Gasteiger partial charge >= 0.3 is 0 Å². The molecule has 4 heteroatoms. The van der Waals surface area contributed by atoms with Gasteiger partial charge in [-0.3, -0.25) is 4.79 Å². The molecule has 162 valence electrons. The van der Waals surface area contributed by atoms with Gasteiger partial charge in [0.15, 0.2) is 0 Å². The molecule has 3 rings (SSSR count). The zero-order valence-corrected chi connectivity index (χ0v) is 18.4. The summed E-state index contributed by atoms with van der Waals surface area (Å²) >= 11 is 0. The van der Waals surface area contributed by atoms with Gasteiger partial charge in [-0.15, -0.1) is 0 Å². The van der Waals surface area contributed by atoms with E-state index in [2.05, 4.69) is 19.2 Å². The maximum absolute atomic E-state index is 12.7. The second kappa shape index (κ2) is 11.6. The first-order valence-corrected chi connectivity index (χ1v) is 11.4. The highest BCUT2D eigenvalue weighted by Gasteiger charge is 2.14. The Kier molecular flexibility index (Phi) is 8.61. The number of hydrogen-bond acceptors (Lipinski definition) is 3. The van der Waals surface area contributed by atoms with Crippen LogP contribution in [0.2, 0.25) is 0 Å². The van der Waals surface area contributed by atoms with E-state index >= 15 is 0 Å². The third kappa shape index (κ3) is 7.08. The molecule has 1 aliphatic rings. The number of carbonyl (C=O) groups excluding carboxylic acids is 1. The monoisotopic (exact) mass is 409 g/mol. The number of benzene rings is 2. The molecule has 0 unspecified atom stereocenters. The molecular formula is C26H35NO3. The fourth-order valence-electron chi connectivity index (χ4n) is 3.84. The van der Waals surface area contributed by atoms with Crippen molar-refractivity contribution in [2.75, 3.05) is 18.5 Å². The van der Waals surface area contributed by atoms with Gasteiger partial charge in [0.05, 0.1) is 18.8 Å². The first-order valence-electron chi connectivity index (χ1n) is 11.4. The van der Waals surface area contributed by atoms with Crippen LogP contribution in [0.1, 0.15) is 69.2 Å². The van der Waals surface area contributed by atoms with Crippen molar-refractivity contribution in [2.45, 2.75) is 58.8 Å². The Labute approximate surface area is 181 Å². The van der Waals surface area contributed by atoms with Crippen LogP contribution in [0.15, 0.2) is 48.5 Å². The molecule has 1 saturated carbocycles. The fraction of sp³-hybridized carbons (Fsp3) is 0.500. The Morgan fingerprint density at radius 1 is 0.967 bits per heavy atom. The van der Waals surface area contributed by atoms with E-state index in [0.717, 1.165) is 36.8 Å². The molecule has 0 spiro atoms. The van der Waals surface area contributed by atoms with Gasteiger partial charge in [-0.05, 0) is 61.1 Å². The number of amides is 1. The van der Waals surface area contributed by atoms with E-state index in [4.69, 9.17) is 9.47 Å². The molecule has 30 heavy (non-hydrogen) atoms. The van der Waals surface area contributed by atoms with Crippen molar-refractivity contribution in [3.05, 3.63) is 54.1 Å². The van der Waals surface area contributed by atoms with E-state index in [1.54, 1.807) is 6.07 Å². The van der Waals surface area contributed by atoms with Crippen LogP contribution in [0.4, 0.5) is 5.69 Å². The molecule has 0 aliphatic heterocycles. The van der Waals surface area contributed by atoms with E-state index in [1.165, 1.54) is 32.1 Å². The minimum Gasteiger partial charge on any atom is -0.494 e. The molecule has 0 radical (unpaired) electrons. The molecule has 0 saturated heterocycles. The second-order valence-corrected chi connectivity index (χ2v) is 8.65. The average Bonchev–Trinajstić information content (AvgIpc) is 2.76. The van der Waals surface area contributed by atoms with Gasteiger partial charge in [0, 0.05) is 5.69 Å². The van der Waals surface area contributed by atoms with Gasteiger partial charge in [-0.25, -0.2) is 0 Å². The van der Waals surface area contributed by atoms with Crippen LogP contribution >= 0.6 is 0 Å². The lowest BCUT2D eigenvalue weighted by molar-refractivity contribution is 0.102. The predicted octanol–water partition coefficient (Wildman–Crippen LogP) is 6.71. The highest BCUT2D eigenvalue weighted by atomic mass is 16.5. The SMILES string of the molecule is CC(C)CCOc1ccccc1C(=O)Nc1ccc(OCCC2CCCCC2)cc1. The number of nitrogens with one attached hydrogen (secondary N) is 1. The Morgan fingerprint density at radius 3 is 2.43 bits per heavy atom. The topological polar surface area (TPSA) is 47.6 Å². The predicted molar refractivity (Wildman–Crippen MR) is 122 cm³/mol. The summed E-state index contributed by atoms with van der Waals surface area (Å²) < 4.78 is 11.7. The van der Waals surface area contributed by atoms with Gasteiger partial charge in [-0.1, -0.05) is 58.1 Å². The van der Waals surface area contributed by atoms with E-state index < -0.39 is 0 Å². The van der Waals surface area contributed by atoms with Crippen molar-refractivity contribution in [3.8, 4) is 11.5 Å². The van der Waals surface area contributed by atoms with Gasteiger partial charge in [-0.2, -0.15) is 0 Å². The molecule has 1 aliphatic carbocycles. The summed E-state index contributed by atoms with van der Waals surface area (Å²) in [5.74, 6) is 2.69. The van der Waals surface area contributed by atoms with Gasteiger partial charge in [0.2, 0.25) is 0 Å². The number of rotatable bonds is 10. The van der Waals surface area contributed by atoms with E-state index in [0.29, 0.717) is 23.8 Å². The smallest absolute Gasteiger partial charge is 0.259 e. The van der Waals surface area contributed by atoms with Crippen molar-refractivity contribution < 1.29 is 14.3 Å². The summed E-state index contributed by atoms with van der Waals surface area (Å²) in [6.07, 6.45) is 8.90. The minimum absolute atomic E-state index is 0.166. The Morgan fingerprint density at radius 2 is 1.70 bits per heavy atom. The highest BCUT2D eigenvalue weighted by Crippen LogP contribution is 2.27. The van der Waals surface area contributed by atoms with E-state index in [9.17, 15) is 4.79 Å². The minimum atomic E-state index is -0.166. The second-order valence-electron chi connectivity index (χ2n) is 8.65. The van der Waals surface area contributed by atoms with Crippen LogP contribution in [-0.4, -0.2) is 19.1 Å². The molecule has 4 nitrogen and oxygen atoms in total.